The Morgan fingerprint density at radius 2 is 2.11 bits per heavy atom. The lowest BCUT2D eigenvalue weighted by Gasteiger charge is -2.34. The zero-order valence-corrected chi connectivity index (χ0v) is 15.0. The van der Waals surface area contributed by atoms with Crippen molar-refractivity contribution in [1.29, 1.82) is 0 Å². The van der Waals surface area contributed by atoms with Crippen LogP contribution >= 0.6 is 0 Å². The molecule has 0 spiro atoms. The summed E-state index contributed by atoms with van der Waals surface area (Å²) in [5.74, 6) is -0.679. The maximum Gasteiger partial charge on any atom is 0.238 e. The third kappa shape index (κ3) is 3.53. The minimum atomic E-state index is -0.299. The van der Waals surface area contributed by atoms with Crippen LogP contribution in [-0.2, 0) is 4.79 Å². The number of aryl methyl sites for hydroxylation is 1. The Bertz CT molecular complexity index is 954. The summed E-state index contributed by atoms with van der Waals surface area (Å²) in [5, 5.41) is 2.79. The molecule has 2 aromatic rings. The number of fused-ring (bicyclic) bond motifs is 2. The van der Waals surface area contributed by atoms with Crippen LogP contribution in [0.4, 0.5) is 15.8 Å². The van der Waals surface area contributed by atoms with E-state index in [-0.39, 0.29) is 30.0 Å². The second-order valence-electron chi connectivity index (χ2n) is 7.03. The molecule has 1 unspecified atom stereocenters. The number of anilines is 1. The zero-order valence-electron chi connectivity index (χ0n) is 15.0. The summed E-state index contributed by atoms with van der Waals surface area (Å²) in [6.07, 6.45) is 0.674. The number of piperidine rings is 1. The number of Topliss-reactive ketones (excluding diaryl/α,β-unsaturated/α-hetero) is 1. The van der Waals surface area contributed by atoms with E-state index in [1.807, 2.05) is 23.1 Å². The van der Waals surface area contributed by atoms with Gasteiger partial charge in [-0.2, -0.15) is 0 Å². The highest BCUT2D eigenvalue weighted by Gasteiger charge is 2.36. The molecule has 2 heterocycles. The number of hydrogen-bond acceptors (Lipinski definition) is 4. The fraction of sp³-hybridized carbons (Fsp3) is 0.286. The highest BCUT2D eigenvalue weighted by atomic mass is 19.1. The van der Waals surface area contributed by atoms with Crippen LogP contribution in [0.25, 0.3) is 0 Å². The predicted molar refractivity (Wildman–Crippen MR) is 102 cm³/mol. The maximum atomic E-state index is 13.3. The molecule has 1 saturated heterocycles. The van der Waals surface area contributed by atoms with E-state index in [1.54, 1.807) is 25.1 Å². The first kappa shape index (κ1) is 17.5. The molecule has 1 N–H and O–H groups in total. The second-order valence-corrected chi connectivity index (χ2v) is 7.03. The summed E-state index contributed by atoms with van der Waals surface area (Å²) in [4.78, 5) is 31.8. The molecule has 2 aliphatic rings. The van der Waals surface area contributed by atoms with E-state index in [1.165, 1.54) is 6.07 Å². The number of benzene rings is 2. The highest BCUT2D eigenvalue weighted by molar-refractivity contribution is 6.18. The van der Waals surface area contributed by atoms with Gasteiger partial charge in [0.2, 0.25) is 5.91 Å². The number of carbonyl (C=O) groups is 2. The number of para-hydroxylation sites is 1. The van der Waals surface area contributed by atoms with Crippen molar-refractivity contribution in [1.82, 2.24) is 4.90 Å². The predicted octanol–water partition coefficient (Wildman–Crippen LogP) is 3.36. The topological polar surface area (TPSA) is 61.8 Å². The minimum absolute atomic E-state index is 0.0786. The van der Waals surface area contributed by atoms with Gasteiger partial charge in [0.1, 0.15) is 5.82 Å². The number of rotatable bonds is 3. The van der Waals surface area contributed by atoms with E-state index < -0.39 is 0 Å². The molecule has 4 rings (SSSR count). The van der Waals surface area contributed by atoms with Crippen LogP contribution in [0.2, 0.25) is 0 Å². The van der Waals surface area contributed by atoms with Gasteiger partial charge in [0.05, 0.1) is 18.2 Å². The molecule has 138 valence electrons. The molecule has 1 fully saturated rings. The molecule has 27 heavy (non-hydrogen) atoms. The highest BCUT2D eigenvalue weighted by Crippen LogP contribution is 2.31. The fourth-order valence-corrected chi connectivity index (χ4v) is 3.66. The van der Waals surface area contributed by atoms with E-state index in [2.05, 4.69) is 10.3 Å². The number of aliphatic imine (C=N–C) groups is 1. The van der Waals surface area contributed by atoms with E-state index >= 15 is 0 Å². The first-order valence-electron chi connectivity index (χ1n) is 9.00. The first-order valence-corrected chi connectivity index (χ1v) is 9.00. The lowest BCUT2D eigenvalue weighted by molar-refractivity contribution is -0.117. The summed E-state index contributed by atoms with van der Waals surface area (Å²) < 4.78 is 13.3. The summed E-state index contributed by atoms with van der Waals surface area (Å²) >= 11 is 0. The van der Waals surface area contributed by atoms with Gasteiger partial charge in [-0.05, 0) is 49.2 Å². The van der Waals surface area contributed by atoms with Gasteiger partial charge in [0, 0.05) is 30.1 Å². The van der Waals surface area contributed by atoms with Crippen molar-refractivity contribution in [2.45, 2.75) is 13.3 Å². The standard InChI is InChI=1S/C21H20FN3O2/c1-13-10-14(6-7-17(13)22)23-20(26)12-25-9-8-19-16(11-25)21(27)15-4-2-3-5-18(15)24-19/h2-7,10,16H,8-9,11-12H2,1H3,(H,23,26). The number of amides is 1. The first-order chi connectivity index (χ1) is 13.0. The Morgan fingerprint density at radius 1 is 1.30 bits per heavy atom. The Morgan fingerprint density at radius 3 is 2.93 bits per heavy atom. The molecule has 1 atom stereocenters. The maximum absolute atomic E-state index is 13.3. The van der Waals surface area contributed by atoms with Crippen LogP contribution in [0.1, 0.15) is 22.3 Å². The number of likely N-dealkylation sites (tertiary alicyclic amines) is 1. The van der Waals surface area contributed by atoms with Crippen molar-refractivity contribution in [3.05, 3.63) is 59.4 Å². The van der Waals surface area contributed by atoms with E-state index in [0.29, 0.717) is 36.3 Å². The summed E-state index contributed by atoms with van der Waals surface area (Å²) in [6, 6.07) is 11.9. The number of nitrogens with one attached hydrogen (secondary N) is 1. The van der Waals surface area contributed by atoms with Gasteiger partial charge in [-0.25, -0.2) is 4.39 Å². The molecule has 0 saturated carbocycles. The van der Waals surface area contributed by atoms with Crippen LogP contribution in [0.3, 0.4) is 0 Å². The molecule has 0 aliphatic carbocycles. The number of carbonyl (C=O) groups excluding carboxylic acids is 2. The average Bonchev–Trinajstić information content (AvgIpc) is 2.65. The third-order valence-corrected chi connectivity index (χ3v) is 5.09. The lowest BCUT2D eigenvalue weighted by atomic mass is 9.85. The largest absolute Gasteiger partial charge is 0.325 e. The second kappa shape index (κ2) is 7.04. The van der Waals surface area contributed by atoms with E-state index in [9.17, 15) is 14.0 Å². The Kier molecular flexibility index (Phi) is 4.58. The van der Waals surface area contributed by atoms with Crippen LogP contribution in [0.5, 0.6) is 0 Å². The van der Waals surface area contributed by atoms with Crippen LogP contribution in [0, 0.1) is 18.7 Å². The zero-order chi connectivity index (χ0) is 19.0. The van der Waals surface area contributed by atoms with Gasteiger partial charge in [-0.3, -0.25) is 19.5 Å². The quantitative estimate of drug-likeness (QED) is 0.907. The molecule has 0 aromatic heterocycles. The number of nitrogens with zero attached hydrogens (tertiary/aromatic N) is 2. The molecule has 1 amide bonds. The smallest absolute Gasteiger partial charge is 0.238 e. The van der Waals surface area contributed by atoms with Gasteiger partial charge < -0.3 is 5.32 Å². The van der Waals surface area contributed by atoms with E-state index in [4.69, 9.17) is 0 Å². The molecule has 0 radical (unpaired) electrons. The number of hydrogen-bond donors (Lipinski definition) is 1. The van der Waals surface area contributed by atoms with Gasteiger partial charge in [0.25, 0.3) is 0 Å². The SMILES string of the molecule is Cc1cc(NC(=O)CN2CCC3=Nc4ccccc4C(=O)C3C2)ccc1F. The Labute approximate surface area is 156 Å². The Balaban J connectivity index is 1.42. The van der Waals surface area contributed by atoms with Crippen LogP contribution in [0.15, 0.2) is 47.5 Å². The molecular formula is C21H20FN3O2. The summed E-state index contributed by atoms with van der Waals surface area (Å²) in [7, 11) is 0. The number of halogens is 1. The molecule has 0 bridgehead atoms. The third-order valence-electron chi connectivity index (χ3n) is 5.09. The van der Waals surface area contributed by atoms with Gasteiger partial charge >= 0.3 is 0 Å². The van der Waals surface area contributed by atoms with Crippen molar-refractivity contribution in [2.75, 3.05) is 25.0 Å². The average molecular weight is 365 g/mol. The summed E-state index contributed by atoms with van der Waals surface area (Å²) in [6.45, 7) is 3.01. The van der Waals surface area contributed by atoms with E-state index in [0.717, 1.165) is 11.4 Å². The molecule has 2 aromatic carbocycles. The monoisotopic (exact) mass is 365 g/mol. The number of ketones is 1. The van der Waals surface area contributed by atoms with Crippen molar-refractivity contribution in [3.8, 4) is 0 Å². The Hall–Kier alpha value is -2.86. The summed E-state index contributed by atoms with van der Waals surface area (Å²) in [5.41, 5.74) is 3.36. The lowest BCUT2D eigenvalue weighted by Crippen LogP contribution is -2.47. The fourth-order valence-electron chi connectivity index (χ4n) is 3.66. The van der Waals surface area contributed by atoms with Crippen molar-refractivity contribution in [2.24, 2.45) is 10.9 Å². The molecule has 6 heteroatoms. The van der Waals surface area contributed by atoms with Crippen LogP contribution < -0.4 is 5.32 Å². The van der Waals surface area contributed by atoms with Gasteiger partial charge in [0.15, 0.2) is 5.78 Å². The molecule has 5 nitrogen and oxygen atoms in total. The van der Waals surface area contributed by atoms with Crippen molar-refractivity contribution < 1.29 is 14.0 Å². The van der Waals surface area contributed by atoms with Crippen molar-refractivity contribution in [3.63, 3.8) is 0 Å². The normalized spacial score (nSPS) is 19.1. The molecular weight excluding hydrogens is 345 g/mol. The minimum Gasteiger partial charge on any atom is -0.325 e. The van der Waals surface area contributed by atoms with Gasteiger partial charge in [-0.1, -0.05) is 12.1 Å². The molecule has 2 aliphatic heterocycles. The van der Waals surface area contributed by atoms with Gasteiger partial charge in [-0.15, -0.1) is 0 Å². The van der Waals surface area contributed by atoms with Crippen LogP contribution in [-0.4, -0.2) is 41.9 Å². The van der Waals surface area contributed by atoms with Crippen molar-refractivity contribution >= 4 is 28.8 Å².